The highest BCUT2D eigenvalue weighted by Crippen LogP contribution is 2.19. The first-order valence-electron chi connectivity index (χ1n) is 9.21. The molecule has 0 radical (unpaired) electrons. The molecule has 3 aromatic rings. The van der Waals surface area contributed by atoms with Crippen molar-refractivity contribution in [1.29, 1.82) is 0 Å². The lowest BCUT2D eigenvalue weighted by Crippen LogP contribution is -2.44. The third-order valence-corrected chi connectivity index (χ3v) is 4.90. The van der Waals surface area contributed by atoms with Crippen molar-refractivity contribution in [3.05, 3.63) is 74.1 Å². The Balaban J connectivity index is 2.27. The molecule has 0 fully saturated rings. The second-order valence-electron chi connectivity index (χ2n) is 7.22. The van der Waals surface area contributed by atoms with Crippen LogP contribution < -0.4 is 16.6 Å². The van der Waals surface area contributed by atoms with Crippen molar-refractivity contribution in [2.45, 2.75) is 26.8 Å². The van der Waals surface area contributed by atoms with Gasteiger partial charge in [-0.2, -0.15) is 0 Å². The van der Waals surface area contributed by atoms with E-state index in [1.54, 1.807) is 31.2 Å². The van der Waals surface area contributed by atoms with Crippen LogP contribution in [0.15, 0.2) is 52.1 Å². The Hall–Kier alpha value is -2.93. The lowest BCUT2D eigenvalue weighted by molar-refractivity contribution is -0.124. The van der Waals surface area contributed by atoms with E-state index in [1.807, 2.05) is 13.8 Å². The molecule has 29 heavy (non-hydrogen) atoms. The highest BCUT2D eigenvalue weighted by atomic mass is 35.5. The molecule has 1 heterocycles. The molecule has 8 heteroatoms. The van der Waals surface area contributed by atoms with Gasteiger partial charge in [0.1, 0.15) is 11.9 Å². The first kappa shape index (κ1) is 20.8. The minimum Gasteiger partial charge on any atom is -0.354 e. The molecular weight excluding hydrogens is 397 g/mol. The number of aromatic nitrogens is 2. The molecule has 0 aliphatic heterocycles. The highest BCUT2D eigenvalue weighted by Gasteiger charge is 2.23. The van der Waals surface area contributed by atoms with E-state index in [9.17, 15) is 18.8 Å². The van der Waals surface area contributed by atoms with Gasteiger partial charge in [0.2, 0.25) is 5.91 Å². The van der Waals surface area contributed by atoms with E-state index in [1.165, 1.54) is 16.7 Å². The van der Waals surface area contributed by atoms with Crippen LogP contribution in [0.25, 0.3) is 16.6 Å². The smallest absolute Gasteiger partial charge is 0.336 e. The predicted octanol–water partition coefficient (Wildman–Crippen LogP) is 3.28. The Kier molecular flexibility index (Phi) is 5.88. The summed E-state index contributed by atoms with van der Waals surface area (Å²) in [4.78, 5) is 39.0. The van der Waals surface area contributed by atoms with Crippen LogP contribution in [0.1, 0.15) is 26.8 Å². The number of rotatable bonds is 5. The second-order valence-corrected chi connectivity index (χ2v) is 7.63. The van der Waals surface area contributed by atoms with Crippen LogP contribution in [0, 0.1) is 11.7 Å². The van der Waals surface area contributed by atoms with Gasteiger partial charge in [0, 0.05) is 6.54 Å². The molecule has 1 N–H and O–H groups in total. The quantitative estimate of drug-likeness (QED) is 0.692. The second kappa shape index (κ2) is 8.21. The van der Waals surface area contributed by atoms with E-state index in [0.29, 0.717) is 12.1 Å². The number of para-hydroxylation sites is 1. The van der Waals surface area contributed by atoms with Gasteiger partial charge in [-0.25, -0.2) is 13.8 Å². The van der Waals surface area contributed by atoms with Crippen molar-refractivity contribution in [1.82, 2.24) is 14.5 Å². The van der Waals surface area contributed by atoms with Crippen molar-refractivity contribution in [2.75, 3.05) is 6.54 Å². The summed E-state index contributed by atoms with van der Waals surface area (Å²) in [5, 5.41) is 2.85. The average Bonchev–Trinajstić information content (AvgIpc) is 2.68. The fourth-order valence-electron chi connectivity index (χ4n) is 3.08. The topological polar surface area (TPSA) is 73.1 Å². The minimum atomic E-state index is -0.867. The fraction of sp³-hybridized carbons (Fsp3) is 0.286. The van der Waals surface area contributed by atoms with Crippen LogP contribution in [0.3, 0.4) is 0 Å². The van der Waals surface area contributed by atoms with E-state index >= 15 is 0 Å². The SMILES string of the molecule is CC(C)CNC(=O)C(C)n1c(=O)n(-c2ccc(F)c(Cl)c2)c(=O)c2ccccc21. The minimum absolute atomic E-state index is 0.126. The Morgan fingerprint density at radius 3 is 2.48 bits per heavy atom. The van der Waals surface area contributed by atoms with Gasteiger partial charge in [0.25, 0.3) is 5.56 Å². The molecule has 1 amide bonds. The summed E-state index contributed by atoms with van der Waals surface area (Å²) >= 11 is 5.85. The Morgan fingerprint density at radius 2 is 1.83 bits per heavy atom. The van der Waals surface area contributed by atoms with Gasteiger partial charge in [-0.1, -0.05) is 37.6 Å². The molecule has 1 atom stereocenters. The summed E-state index contributed by atoms with van der Waals surface area (Å²) in [7, 11) is 0. The van der Waals surface area contributed by atoms with Gasteiger partial charge in [-0.15, -0.1) is 0 Å². The maximum absolute atomic E-state index is 13.6. The first-order chi connectivity index (χ1) is 13.7. The molecule has 6 nitrogen and oxygen atoms in total. The highest BCUT2D eigenvalue weighted by molar-refractivity contribution is 6.30. The summed E-state index contributed by atoms with van der Waals surface area (Å²) in [6, 6.07) is 9.28. The monoisotopic (exact) mass is 417 g/mol. The van der Waals surface area contributed by atoms with E-state index in [-0.39, 0.29) is 27.9 Å². The van der Waals surface area contributed by atoms with Crippen LogP contribution in [-0.4, -0.2) is 21.6 Å². The number of fused-ring (bicyclic) bond motifs is 1. The van der Waals surface area contributed by atoms with E-state index in [4.69, 9.17) is 11.6 Å². The standard InChI is InChI=1S/C21H21ClFN3O3/c1-12(2)11-24-19(27)13(3)25-18-7-5-4-6-15(18)20(28)26(21(25)29)14-8-9-17(23)16(22)10-14/h4-10,12-13H,11H2,1-3H3,(H,24,27). The van der Waals surface area contributed by atoms with Gasteiger partial charge in [-0.05, 0) is 43.2 Å². The Labute approximate surface area is 171 Å². The van der Waals surface area contributed by atoms with Crippen molar-refractivity contribution in [3.8, 4) is 5.69 Å². The van der Waals surface area contributed by atoms with Crippen LogP contribution >= 0.6 is 11.6 Å². The predicted molar refractivity (Wildman–Crippen MR) is 111 cm³/mol. The number of nitrogens with zero attached hydrogens (tertiary/aromatic N) is 2. The van der Waals surface area contributed by atoms with Gasteiger partial charge >= 0.3 is 5.69 Å². The molecule has 0 bridgehead atoms. The molecule has 0 saturated carbocycles. The van der Waals surface area contributed by atoms with Crippen molar-refractivity contribution >= 4 is 28.4 Å². The summed E-state index contributed by atoms with van der Waals surface area (Å²) < 4.78 is 15.7. The zero-order chi connectivity index (χ0) is 21.3. The van der Waals surface area contributed by atoms with Crippen molar-refractivity contribution < 1.29 is 9.18 Å². The molecule has 0 aliphatic carbocycles. The molecule has 0 spiro atoms. The molecule has 0 aliphatic rings. The molecule has 3 rings (SSSR count). The molecule has 0 saturated heterocycles. The average molecular weight is 418 g/mol. The molecule has 1 unspecified atom stereocenters. The van der Waals surface area contributed by atoms with Gasteiger partial charge in [0.15, 0.2) is 0 Å². The number of hydrogen-bond acceptors (Lipinski definition) is 3. The molecule has 1 aromatic heterocycles. The number of amides is 1. The largest absolute Gasteiger partial charge is 0.354 e. The first-order valence-corrected chi connectivity index (χ1v) is 9.59. The van der Waals surface area contributed by atoms with Crippen LogP contribution in [0.2, 0.25) is 5.02 Å². The number of carbonyl (C=O) groups excluding carboxylic acids is 1. The molecule has 152 valence electrons. The van der Waals surface area contributed by atoms with Gasteiger partial charge in [0.05, 0.1) is 21.6 Å². The number of halogens is 2. The maximum Gasteiger partial charge on any atom is 0.336 e. The lowest BCUT2D eigenvalue weighted by Gasteiger charge is -2.20. The summed E-state index contributed by atoms with van der Waals surface area (Å²) in [5.74, 6) is -0.755. The maximum atomic E-state index is 13.6. The third-order valence-electron chi connectivity index (χ3n) is 4.61. The summed E-state index contributed by atoms with van der Waals surface area (Å²) in [5.41, 5.74) is -0.803. The van der Waals surface area contributed by atoms with Crippen LogP contribution in [0.5, 0.6) is 0 Å². The van der Waals surface area contributed by atoms with E-state index < -0.39 is 23.1 Å². The van der Waals surface area contributed by atoms with Crippen molar-refractivity contribution in [3.63, 3.8) is 0 Å². The van der Waals surface area contributed by atoms with Crippen LogP contribution in [0.4, 0.5) is 4.39 Å². The van der Waals surface area contributed by atoms with E-state index in [0.717, 1.165) is 10.6 Å². The fourth-order valence-corrected chi connectivity index (χ4v) is 3.25. The zero-order valence-corrected chi connectivity index (χ0v) is 17.0. The number of hydrogen-bond donors (Lipinski definition) is 1. The van der Waals surface area contributed by atoms with Gasteiger partial charge in [-0.3, -0.25) is 14.2 Å². The molecule has 2 aromatic carbocycles. The number of nitrogens with one attached hydrogen (secondary N) is 1. The Morgan fingerprint density at radius 1 is 1.14 bits per heavy atom. The lowest BCUT2D eigenvalue weighted by atomic mass is 10.2. The third kappa shape index (κ3) is 3.96. The van der Waals surface area contributed by atoms with Crippen molar-refractivity contribution in [2.24, 2.45) is 5.92 Å². The summed E-state index contributed by atoms with van der Waals surface area (Å²) in [6.45, 7) is 5.98. The number of carbonyl (C=O) groups is 1. The Bertz CT molecular complexity index is 1200. The number of benzene rings is 2. The molecular formula is C21H21ClFN3O3. The van der Waals surface area contributed by atoms with Gasteiger partial charge < -0.3 is 5.32 Å². The van der Waals surface area contributed by atoms with E-state index in [2.05, 4.69) is 5.32 Å². The normalized spacial score (nSPS) is 12.3. The van der Waals surface area contributed by atoms with Crippen LogP contribution in [-0.2, 0) is 4.79 Å². The zero-order valence-electron chi connectivity index (χ0n) is 16.3. The summed E-state index contributed by atoms with van der Waals surface area (Å²) in [6.07, 6.45) is 0.